The molecule has 1 saturated heterocycles. The molecule has 0 spiro atoms. The first-order chi connectivity index (χ1) is 20.1. The fourth-order valence-electron chi connectivity index (χ4n) is 4.58. The van der Waals surface area contributed by atoms with Crippen molar-refractivity contribution in [3.05, 3.63) is 89.4 Å². The van der Waals surface area contributed by atoms with Gasteiger partial charge in [0.1, 0.15) is 12.1 Å². The molecule has 9 nitrogen and oxygen atoms in total. The van der Waals surface area contributed by atoms with Gasteiger partial charge in [0.2, 0.25) is 5.95 Å². The van der Waals surface area contributed by atoms with Gasteiger partial charge in [0.15, 0.2) is 0 Å². The number of amides is 1. The fraction of sp³-hybridized carbons (Fsp3) is 0.276. The summed E-state index contributed by atoms with van der Waals surface area (Å²) in [6, 6.07) is 7.76. The number of hydrogen-bond acceptors (Lipinski definition) is 8. The maximum Gasteiger partial charge on any atom is 0.416 e. The van der Waals surface area contributed by atoms with E-state index in [1.165, 1.54) is 37.6 Å². The topological polar surface area (TPSA) is 99.2 Å². The van der Waals surface area contributed by atoms with Crippen molar-refractivity contribution in [2.45, 2.75) is 19.6 Å². The molecule has 1 aliphatic heterocycles. The molecule has 4 aromatic rings. The van der Waals surface area contributed by atoms with Gasteiger partial charge in [-0.25, -0.2) is 24.3 Å². The van der Waals surface area contributed by atoms with Crippen molar-refractivity contribution < 1.29 is 22.4 Å². The summed E-state index contributed by atoms with van der Waals surface area (Å²) in [7, 11) is 1.97. The number of carbonyl (C=O) groups is 1. The standard InChI is InChI=1S/C29H28F4N8O/c1-18-24(30)12-22(13-26(18)39-28-36-6-5-25(38-28)21-14-34-17-35-15-21)37-27(42)19-3-4-20(23(11-19)29(31,32)33)16-41-9-7-40(2)8-10-41/h3-6,11-15,17H,7-10,16H2,1-2H3,(H,37,42)(H,36,38,39). The predicted octanol–water partition coefficient (Wildman–Crippen LogP) is 5.14. The molecule has 0 atom stereocenters. The number of anilines is 3. The lowest BCUT2D eigenvalue weighted by Crippen LogP contribution is -2.44. The number of piperazine rings is 1. The summed E-state index contributed by atoms with van der Waals surface area (Å²) < 4.78 is 56.8. The van der Waals surface area contributed by atoms with Crippen molar-refractivity contribution in [3.8, 4) is 11.3 Å². The number of aromatic nitrogens is 4. The van der Waals surface area contributed by atoms with Gasteiger partial charge in [0.05, 0.1) is 11.3 Å². The van der Waals surface area contributed by atoms with Crippen molar-refractivity contribution in [2.24, 2.45) is 0 Å². The average Bonchev–Trinajstić information content (AvgIpc) is 2.97. The number of rotatable bonds is 7. The normalized spacial score (nSPS) is 14.5. The maximum atomic E-state index is 14.9. The van der Waals surface area contributed by atoms with Gasteiger partial charge in [-0.05, 0) is 49.9 Å². The monoisotopic (exact) mass is 580 g/mol. The van der Waals surface area contributed by atoms with Crippen molar-refractivity contribution in [1.29, 1.82) is 0 Å². The van der Waals surface area contributed by atoms with Gasteiger partial charge in [-0.15, -0.1) is 0 Å². The summed E-state index contributed by atoms with van der Waals surface area (Å²) >= 11 is 0. The van der Waals surface area contributed by atoms with E-state index in [1.807, 2.05) is 11.9 Å². The lowest BCUT2D eigenvalue weighted by molar-refractivity contribution is -0.138. The number of nitrogens with zero attached hydrogens (tertiary/aromatic N) is 6. The summed E-state index contributed by atoms with van der Waals surface area (Å²) in [4.78, 5) is 33.6. The van der Waals surface area contributed by atoms with Crippen LogP contribution in [-0.4, -0.2) is 68.9 Å². The molecule has 42 heavy (non-hydrogen) atoms. The van der Waals surface area contributed by atoms with Gasteiger partial charge in [-0.1, -0.05) is 6.07 Å². The second-order valence-corrected chi connectivity index (χ2v) is 10.1. The number of halogens is 4. The third-order valence-electron chi connectivity index (χ3n) is 7.03. The molecule has 2 N–H and O–H groups in total. The summed E-state index contributed by atoms with van der Waals surface area (Å²) in [6.45, 7) is 4.51. The van der Waals surface area contributed by atoms with Gasteiger partial charge in [-0.2, -0.15) is 13.2 Å². The highest BCUT2D eigenvalue weighted by Crippen LogP contribution is 2.34. The second-order valence-electron chi connectivity index (χ2n) is 10.1. The highest BCUT2D eigenvalue weighted by molar-refractivity contribution is 6.04. The third kappa shape index (κ3) is 6.86. The lowest BCUT2D eigenvalue weighted by Gasteiger charge is -2.33. The van der Waals surface area contributed by atoms with E-state index in [2.05, 4.69) is 35.5 Å². The van der Waals surface area contributed by atoms with Crippen LogP contribution in [0, 0.1) is 12.7 Å². The molecule has 0 saturated carbocycles. The molecule has 2 aromatic carbocycles. The number of nitrogens with one attached hydrogen (secondary N) is 2. The second kappa shape index (κ2) is 12.2. The number of carbonyl (C=O) groups excluding carboxylic acids is 1. The predicted molar refractivity (Wildman–Crippen MR) is 150 cm³/mol. The van der Waals surface area contributed by atoms with Gasteiger partial charge >= 0.3 is 6.18 Å². The molecular formula is C29H28F4N8O. The number of likely N-dealkylation sites (N-methyl/N-ethyl adjacent to an activating group) is 1. The Morgan fingerprint density at radius 3 is 2.48 bits per heavy atom. The Kier molecular flexibility index (Phi) is 8.41. The van der Waals surface area contributed by atoms with E-state index in [-0.39, 0.29) is 40.6 Å². The van der Waals surface area contributed by atoms with Crippen molar-refractivity contribution in [2.75, 3.05) is 43.9 Å². The Morgan fingerprint density at radius 1 is 1.02 bits per heavy atom. The smallest absolute Gasteiger partial charge is 0.324 e. The van der Waals surface area contributed by atoms with E-state index in [4.69, 9.17) is 0 Å². The minimum absolute atomic E-state index is 0.0493. The summed E-state index contributed by atoms with van der Waals surface area (Å²) in [6.07, 6.45) is 1.43. The van der Waals surface area contributed by atoms with E-state index < -0.39 is 23.5 Å². The fourth-order valence-corrected chi connectivity index (χ4v) is 4.58. The van der Waals surface area contributed by atoms with Crippen LogP contribution in [0.2, 0.25) is 0 Å². The first kappa shape index (κ1) is 29.0. The molecule has 1 amide bonds. The molecule has 0 bridgehead atoms. The van der Waals surface area contributed by atoms with Gasteiger partial charge < -0.3 is 15.5 Å². The summed E-state index contributed by atoms with van der Waals surface area (Å²) in [5.41, 5.74) is 0.775. The van der Waals surface area contributed by atoms with Gasteiger partial charge in [0.25, 0.3) is 5.91 Å². The maximum absolute atomic E-state index is 14.9. The molecule has 2 aromatic heterocycles. The zero-order chi connectivity index (χ0) is 29.9. The quantitative estimate of drug-likeness (QED) is 0.290. The summed E-state index contributed by atoms with van der Waals surface area (Å²) in [5, 5.41) is 5.46. The van der Waals surface area contributed by atoms with Crippen LogP contribution in [0.4, 0.5) is 34.9 Å². The van der Waals surface area contributed by atoms with E-state index in [0.717, 1.165) is 25.2 Å². The molecule has 218 valence electrons. The van der Waals surface area contributed by atoms with E-state index >= 15 is 0 Å². The van der Waals surface area contributed by atoms with Crippen molar-refractivity contribution in [3.63, 3.8) is 0 Å². The van der Waals surface area contributed by atoms with Crippen LogP contribution in [0.15, 0.2) is 61.3 Å². The van der Waals surface area contributed by atoms with Crippen LogP contribution in [0.1, 0.15) is 27.0 Å². The van der Waals surface area contributed by atoms with Crippen LogP contribution in [0.25, 0.3) is 11.3 Å². The Balaban J connectivity index is 1.35. The van der Waals surface area contributed by atoms with Crippen molar-refractivity contribution in [1.82, 2.24) is 29.7 Å². The minimum atomic E-state index is -4.65. The summed E-state index contributed by atoms with van der Waals surface area (Å²) in [5.74, 6) is -1.28. The van der Waals surface area contributed by atoms with Gasteiger partial charge in [-0.3, -0.25) is 9.69 Å². The zero-order valence-electron chi connectivity index (χ0n) is 22.9. The van der Waals surface area contributed by atoms with Crippen LogP contribution in [-0.2, 0) is 12.7 Å². The number of alkyl halides is 3. The van der Waals surface area contributed by atoms with E-state index in [9.17, 15) is 22.4 Å². The van der Waals surface area contributed by atoms with Crippen LogP contribution >= 0.6 is 0 Å². The van der Waals surface area contributed by atoms with Crippen molar-refractivity contribution >= 4 is 23.2 Å². The highest BCUT2D eigenvalue weighted by atomic mass is 19.4. The third-order valence-corrected chi connectivity index (χ3v) is 7.03. The molecule has 0 radical (unpaired) electrons. The SMILES string of the molecule is Cc1c(F)cc(NC(=O)c2ccc(CN3CCN(C)CC3)c(C(F)(F)F)c2)cc1Nc1nccc(-c2cncnc2)n1. The molecule has 3 heterocycles. The molecule has 13 heteroatoms. The molecular weight excluding hydrogens is 552 g/mol. The van der Waals surface area contributed by atoms with Crippen LogP contribution in [0.3, 0.4) is 0 Å². The van der Waals surface area contributed by atoms with Gasteiger partial charge in [0, 0.05) is 79.4 Å². The zero-order valence-corrected chi connectivity index (χ0v) is 22.9. The van der Waals surface area contributed by atoms with Crippen LogP contribution < -0.4 is 10.6 Å². The highest BCUT2D eigenvalue weighted by Gasteiger charge is 2.34. The first-order valence-electron chi connectivity index (χ1n) is 13.1. The molecule has 1 aliphatic rings. The molecule has 1 fully saturated rings. The Labute approximate surface area is 239 Å². The van der Waals surface area contributed by atoms with Crippen LogP contribution in [0.5, 0.6) is 0 Å². The van der Waals surface area contributed by atoms with E-state index in [1.54, 1.807) is 18.5 Å². The Bertz CT molecular complexity index is 1570. The molecule has 5 rings (SSSR count). The Morgan fingerprint density at radius 2 is 1.76 bits per heavy atom. The number of hydrogen-bond donors (Lipinski definition) is 2. The average molecular weight is 581 g/mol. The number of benzene rings is 2. The minimum Gasteiger partial charge on any atom is -0.324 e. The van der Waals surface area contributed by atoms with E-state index in [0.29, 0.717) is 24.3 Å². The molecule has 0 unspecified atom stereocenters. The molecule has 0 aliphatic carbocycles. The Hall–Kier alpha value is -4.49. The lowest BCUT2D eigenvalue weighted by atomic mass is 10.0. The largest absolute Gasteiger partial charge is 0.416 e. The first-order valence-corrected chi connectivity index (χ1v) is 13.1.